The number of hydrogen-bond donors (Lipinski definition) is 0. The lowest BCUT2D eigenvalue weighted by atomic mass is 9.83. The molecule has 0 saturated carbocycles. The Morgan fingerprint density at radius 2 is 2.08 bits per heavy atom. The van der Waals surface area contributed by atoms with Gasteiger partial charge in [-0.25, -0.2) is 18.4 Å². The summed E-state index contributed by atoms with van der Waals surface area (Å²) in [5.41, 5.74) is 0. The van der Waals surface area contributed by atoms with Crippen LogP contribution < -0.4 is 4.74 Å². The molecule has 9 heteroatoms. The van der Waals surface area contributed by atoms with Gasteiger partial charge in [-0.3, -0.25) is 4.79 Å². The van der Waals surface area contributed by atoms with Crippen molar-refractivity contribution in [2.24, 2.45) is 11.8 Å². The largest absolute Gasteiger partial charge is 0.463 e. The number of ether oxygens (including phenoxy) is 2. The van der Waals surface area contributed by atoms with Gasteiger partial charge in [0, 0.05) is 38.0 Å². The predicted octanol–water partition coefficient (Wildman–Crippen LogP) is -0.0924. The zero-order chi connectivity index (χ0) is 17.5. The van der Waals surface area contributed by atoms with Crippen LogP contribution in [0.1, 0.15) is 12.8 Å². The minimum atomic E-state index is -3.24. The lowest BCUT2D eigenvalue weighted by Crippen LogP contribution is -2.69. The normalized spacial score (nSPS) is 29.5. The SMILES string of the molecule is O=C([C@H]1CCOC1)N1CC2(C1)[C@H](COc1ncccn1)CCS2(=O)=O. The second-order valence-corrected chi connectivity index (χ2v) is 9.42. The van der Waals surface area contributed by atoms with E-state index in [9.17, 15) is 13.2 Å². The van der Waals surface area contributed by atoms with Crippen LogP contribution in [-0.4, -0.2) is 72.6 Å². The third kappa shape index (κ3) is 2.79. The number of rotatable bonds is 4. The zero-order valence-electron chi connectivity index (χ0n) is 13.8. The molecule has 0 bridgehead atoms. The lowest BCUT2D eigenvalue weighted by molar-refractivity contribution is -0.142. The molecule has 8 nitrogen and oxygen atoms in total. The zero-order valence-corrected chi connectivity index (χ0v) is 14.7. The standard InChI is InChI=1S/C16H21N3O5S/c20-14(12-2-6-23-8-12)19-10-16(11-19)13(3-7-25(16,21)22)9-24-15-17-4-1-5-18-15/h1,4-5,12-13H,2-3,6-11H2/t12-,13-/m0/s1. The summed E-state index contributed by atoms with van der Waals surface area (Å²) in [5, 5.41) is 0. The van der Waals surface area contributed by atoms with E-state index in [1.807, 2.05) is 0 Å². The summed E-state index contributed by atoms with van der Waals surface area (Å²) in [5.74, 6) is -0.124. The minimum Gasteiger partial charge on any atom is -0.463 e. The first-order valence-corrected chi connectivity index (χ1v) is 10.2. The Bertz CT molecular complexity index is 742. The molecule has 1 spiro atoms. The van der Waals surface area contributed by atoms with Crippen LogP contribution in [0, 0.1) is 11.8 Å². The van der Waals surface area contributed by atoms with Gasteiger partial charge in [0.05, 0.1) is 24.9 Å². The van der Waals surface area contributed by atoms with Gasteiger partial charge in [0.25, 0.3) is 0 Å². The Balaban J connectivity index is 1.44. The molecular weight excluding hydrogens is 346 g/mol. The molecule has 136 valence electrons. The van der Waals surface area contributed by atoms with E-state index in [2.05, 4.69) is 9.97 Å². The van der Waals surface area contributed by atoms with Crippen molar-refractivity contribution >= 4 is 15.7 Å². The molecule has 3 aliphatic rings. The molecule has 0 aromatic carbocycles. The van der Waals surface area contributed by atoms with Crippen molar-refractivity contribution in [1.29, 1.82) is 0 Å². The third-order valence-electron chi connectivity index (χ3n) is 5.56. The van der Waals surface area contributed by atoms with Gasteiger partial charge < -0.3 is 14.4 Å². The van der Waals surface area contributed by atoms with Crippen LogP contribution in [0.25, 0.3) is 0 Å². The Labute approximate surface area is 146 Å². The van der Waals surface area contributed by atoms with Gasteiger partial charge in [-0.2, -0.15) is 0 Å². The highest BCUT2D eigenvalue weighted by molar-refractivity contribution is 7.93. The summed E-state index contributed by atoms with van der Waals surface area (Å²) < 4.78 is 35.2. The van der Waals surface area contributed by atoms with E-state index in [0.717, 1.165) is 0 Å². The van der Waals surface area contributed by atoms with Crippen molar-refractivity contribution in [2.75, 3.05) is 38.7 Å². The highest BCUT2D eigenvalue weighted by atomic mass is 32.2. The lowest BCUT2D eigenvalue weighted by Gasteiger charge is -2.50. The average Bonchev–Trinajstić information content (AvgIpc) is 3.18. The summed E-state index contributed by atoms with van der Waals surface area (Å²) in [7, 11) is -3.24. The number of hydrogen-bond acceptors (Lipinski definition) is 7. The number of carbonyl (C=O) groups is 1. The monoisotopic (exact) mass is 367 g/mol. The number of nitrogens with zero attached hydrogens (tertiary/aromatic N) is 3. The molecular formula is C16H21N3O5S. The maximum absolute atomic E-state index is 12.6. The van der Waals surface area contributed by atoms with Gasteiger partial charge in [-0.05, 0) is 18.9 Å². The Morgan fingerprint density at radius 1 is 1.32 bits per heavy atom. The van der Waals surface area contributed by atoms with Crippen molar-refractivity contribution < 1.29 is 22.7 Å². The Morgan fingerprint density at radius 3 is 2.76 bits per heavy atom. The Hall–Kier alpha value is -1.74. The van der Waals surface area contributed by atoms with Crippen molar-refractivity contribution in [1.82, 2.24) is 14.9 Å². The van der Waals surface area contributed by atoms with Crippen molar-refractivity contribution in [2.45, 2.75) is 17.6 Å². The first-order valence-electron chi connectivity index (χ1n) is 8.50. The molecule has 2 atom stereocenters. The van der Waals surface area contributed by atoms with Gasteiger partial charge in [-0.1, -0.05) is 0 Å². The van der Waals surface area contributed by atoms with E-state index in [-0.39, 0.29) is 49.2 Å². The third-order valence-corrected chi connectivity index (χ3v) is 8.17. The van der Waals surface area contributed by atoms with Crippen LogP contribution in [0.15, 0.2) is 18.5 Å². The molecule has 4 rings (SSSR count). The number of carbonyl (C=O) groups excluding carboxylic acids is 1. The summed E-state index contributed by atoms with van der Waals surface area (Å²) in [4.78, 5) is 22.1. The fourth-order valence-corrected chi connectivity index (χ4v) is 6.39. The molecule has 3 fully saturated rings. The summed E-state index contributed by atoms with van der Waals surface area (Å²) in [6.07, 6.45) is 4.42. The molecule has 4 heterocycles. The molecule has 0 unspecified atom stereocenters. The number of aromatic nitrogens is 2. The molecule has 1 aromatic rings. The number of likely N-dealkylation sites (tertiary alicyclic amines) is 1. The molecule has 3 saturated heterocycles. The molecule has 0 aliphatic carbocycles. The van der Waals surface area contributed by atoms with E-state index in [0.29, 0.717) is 26.1 Å². The fraction of sp³-hybridized carbons (Fsp3) is 0.688. The van der Waals surface area contributed by atoms with E-state index in [1.165, 1.54) is 0 Å². The number of amides is 1. The van der Waals surface area contributed by atoms with E-state index in [1.54, 1.807) is 23.4 Å². The first-order chi connectivity index (χ1) is 12.0. The molecule has 25 heavy (non-hydrogen) atoms. The average molecular weight is 367 g/mol. The molecule has 0 N–H and O–H groups in total. The predicted molar refractivity (Wildman–Crippen MR) is 87.7 cm³/mol. The van der Waals surface area contributed by atoms with E-state index >= 15 is 0 Å². The van der Waals surface area contributed by atoms with Crippen LogP contribution in [0.3, 0.4) is 0 Å². The maximum atomic E-state index is 12.6. The van der Waals surface area contributed by atoms with Gasteiger partial charge in [0.15, 0.2) is 9.84 Å². The second-order valence-electron chi connectivity index (χ2n) is 6.97. The second kappa shape index (κ2) is 6.21. The van der Waals surface area contributed by atoms with Crippen molar-refractivity contribution in [3.63, 3.8) is 0 Å². The quantitative estimate of drug-likeness (QED) is 0.733. The highest BCUT2D eigenvalue weighted by Gasteiger charge is 2.63. The highest BCUT2D eigenvalue weighted by Crippen LogP contribution is 2.45. The summed E-state index contributed by atoms with van der Waals surface area (Å²) in [6, 6.07) is 1.94. The number of sulfone groups is 1. The van der Waals surface area contributed by atoms with Crippen molar-refractivity contribution in [3.8, 4) is 6.01 Å². The topological polar surface area (TPSA) is 98.7 Å². The molecule has 1 aromatic heterocycles. The van der Waals surface area contributed by atoms with Gasteiger partial charge >= 0.3 is 6.01 Å². The van der Waals surface area contributed by atoms with E-state index < -0.39 is 14.6 Å². The van der Waals surface area contributed by atoms with Crippen molar-refractivity contribution in [3.05, 3.63) is 18.5 Å². The van der Waals surface area contributed by atoms with Gasteiger partial charge in [-0.15, -0.1) is 0 Å². The van der Waals surface area contributed by atoms with E-state index in [4.69, 9.17) is 9.47 Å². The van der Waals surface area contributed by atoms with Crippen LogP contribution in [0.2, 0.25) is 0 Å². The Kier molecular flexibility index (Phi) is 4.15. The van der Waals surface area contributed by atoms with Crippen LogP contribution in [-0.2, 0) is 19.4 Å². The summed E-state index contributed by atoms with van der Waals surface area (Å²) >= 11 is 0. The minimum absolute atomic E-state index is 0.0105. The summed E-state index contributed by atoms with van der Waals surface area (Å²) in [6.45, 7) is 1.80. The van der Waals surface area contributed by atoms with Crippen LogP contribution in [0.4, 0.5) is 0 Å². The van der Waals surface area contributed by atoms with Crippen LogP contribution in [0.5, 0.6) is 6.01 Å². The first kappa shape index (κ1) is 16.7. The maximum Gasteiger partial charge on any atom is 0.316 e. The van der Waals surface area contributed by atoms with Gasteiger partial charge in [0.1, 0.15) is 4.75 Å². The molecule has 3 aliphatic heterocycles. The van der Waals surface area contributed by atoms with Gasteiger partial charge in [0.2, 0.25) is 5.91 Å². The molecule has 1 amide bonds. The van der Waals surface area contributed by atoms with Crippen LogP contribution >= 0.6 is 0 Å². The molecule has 0 radical (unpaired) electrons. The fourth-order valence-electron chi connectivity index (χ4n) is 3.99. The smallest absolute Gasteiger partial charge is 0.316 e.